The predicted molar refractivity (Wildman–Crippen MR) is 52.9 cm³/mol. The molecule has 0 atom stereocenters. The van der Waals surface area contributed by atoms with Crippen molar-refractivity contribution in [2.45, 2.75) is 0 Å². The number of hydrogen-bond donors (Lipinski definition) is 0. The molecule has 2 heterocycles. The molecule has 0 unspecified atom stereocenters. The van der Waals surface area contributed by atoms with Gasteiger partial charge in [0, 0.05) is 0 Å². The van der Waals surface area contributed by atoms with Gasteiger partial charge in [-0.2, -0.15) is 5.10 Å². The molecule has 0 fully saturated rings. The molecule has 0 spiro atoms. The van der Waals surface area contributed by atoms with Crippen molar-refractivity contribution in [3.05, 3.63) is 28.1 Å². The molecule has 0 saturated carbocycles. The van der Waals surface area contributed by atoms with E-state index < -0.39 is 0 Å². The monoisotopic (exact) mass is 267 g/mol. The lowest BCUT2D eigenvalue weighted by atomic mass is 10.6. The Bertz CT molecular complexity index is 401. The van der Waals surface area contributed by atoms with Crippen LogP contribution in [-0.2, 0) is 0 Å². The number of nitrogens with zero attached hydrogens (tertiary/aromatic N) is 3. The molecule has 0 radical (unpaired) electrons. The van der Waals surface area contributed by atoms with Gasteiger partial charge in [-0.3, -0.25) is 0 Å². The number of imidazole rings is 1. The van der Waals surface area contributed by atoms with Gasteiger partial charge in [0.2, 0.25) is 0 Å². The number of halogens is 3. The Morgan fingerprint density at radius 3 is 2.92 bits per heavy atom. The number of hydrogen-bond acceptors (Lipinski definition) is 2. The van der Waals surface area contributed by atoms with Crippen LogP contribution in [0.15, 0.2) is 22.9 Å². The summed E-state index contributed by atoms with van der Waals surface area (Å²) in [6.07, 6.45) is 1.68. The molecule has 0 aliphatic carbocycles. The van der Waals surface area contributed by atoms with Gasteiger partial charge in [0.1, 0.15) is 9.76 Å². The number of aromatic nitrogens is 3. The molecule has 2 rings (SSSR count). The summed E-state index contributed by atoms with van der Waals surface area (Å²) in [5, 5.41) is 4.46. The minimum absolute atomic E-state index is 0. The van der Waals surface area contributed by atoms with Crippen LogP contribution >= 0.6 is 39.9 Å². The molecule has 0 aliphatic rings. The van der Waals surface area contributed by atoms with Crippen LogP contribution in [0.3, 0.4) is 0 Å². The molecule has 2 aromatic rings. The first-order valence-corrected chi connectivity index (χ1v) is 4.10. The fraction of sp³-hybridized carbons (Fsp3) is 0. The lowest BCUT2D eigenvalue weighted by Crippen LogP contribution is -1.90. The second-order valence-electron chi connectivity index (χ2n) is 2.01. The molecule has 0 aromatic carbocycles. The van der Waals surface area contributed by atoms with Gasteiger partial charge < -0.3 is 0 Å². The Balaban J connectivity index is 0.000000720. The van der Waals surface area contributed by atoms with Gasteiger partial charge in [-0.15, -0.1) is 12.4 Å². The smallest absolute Gasteiger partial charge is 0.154 e. The summed E-state index contributed by atoms with van der Waals surface area (Å²) in [4.78, 5) is 4.05. The van der Waals surface area contributed by atoms with E-state index in [9.17, 15) is 0 Å². The van der Waals surface area contributed by atoms with Crippen molar-refractivity contribution in [1.82, 2.24) is 14.6 Å². The molecule has 64 valence electrons. The van der Waals surface area contributed by atoms with Crippen molar-refractivity contribution < 1.29 is 0 Å². The third-order valence-corrected chi connectivity index (χ3v) is 2.03. The second-order valence-corrected chi connectivity index (χ2v) is 3.21. The highest BCUT2D eigenvalue weighted by Gasteiger charge is 2.00. The maximum atomic E-state index is 5.67. The van der Waals surface area contributed by atoms with E-state index in [0.29, 0.717) is 5.15 Å². The third kappa shape index (κ3) is 1.55. The minimum Gasteiger partial charge on any atom is -0.234 e. The fourth-order valence-corrected chi connectivity index (χ4v) is 1.32. The van der Waals surface area contributed by atoms with Crippen LogP contribution in [0.4, 0.5) is 0 Å². The first kappa shape index (κ1) is 9.77. The summed E-state index contributed by atoms with van der Waals surface area (Å²) in [5.74, 6) is 0. The van der Waals surface area contributed by atoms with Crippen LogP contribution in [0.2, 0.25) is 5.15 Å². The zero-order valence-corrected chi connectivity index (χ0v) is 8.90. The van der Waals surface area contributed by atoms with Gasteiger partial charge in [-0.1, -0.05) is 11.6 Å². The van der Waals surface area contributed by atoms with Crippen molar-refractivity contribution in [3.8, 4) is 0 Å². The Morgan fingerprint density at radius 1 is 1.42 bits per heavy atom. The van der Waals surface area contributed by atoms with E-state index in [1.54, 1.807) is 22.8 Å². The van der Waals surface area contributed by atoms with Crippen LogP contribution in [0, 0.1) is 0 Å². The summed E-state index contributed by atoms with van der Waals surface area (Å²) >= 11 is 8.95. The summed E-state index contributed by atoms with van der Waals surface area (Å²) in [6.45, 7) is 0. The normalized spacial score (nSPS) is 9.83. The number of fused-ring (bicyclic) bond motifs is 1. The van der Waals surface area contributed by atoms with Crippen LogP contribution in [0.5, 0.6) is 0 Å². The van der Waals surface area contributed by atoms with Gasteiger partial charge in [-0.05, 0) is 28.1 Å². The van der Waals surface area contributed by atoms with Crippen LogP contribution < -0.4 is 0 Å². The Kier molecular flexibility index (Phi) is 2.93. The van der Waals surface area contributed by atoms with Gasteiger partial charge in [0.15, 0.2) is 5.65 Å². The van der Waals surface area contributed by atoms with Crippen molar-refractivity contribution in [1.29, 1.82) is 0 Å². The summed E-state index contributed by atoms with van der Waals surface area (Å²) in [7, 11) is 0. The molecular formula is C6H4BrCl2N3. The average molecular weight is 269 g/mol. The summed E-state index contributed by atoms with van der Waals surface area (Å²) in [6, 6.07) is 3.51. The molecule has 0 aliphatic heterocycles. The zero-order valence-electron chi connectivity index (χ0n) is 5.74. The van der Waals surface area contributed by atoms with Crippen molar-refractivity contribution in [3.63, 3.8) is 0 Å². The van der Waals surface area contributed by atoms with Crippen molar-refractivity contribution in [2.24, 2.45) is 0 Å². The first-order chi connectivity index (χ1) is 5.27. The largest absolute Gasteiger partial charge is 0.234 e. The first-order valence-electron chi connectivity index (χ1n) is 2.93. The molecule has 0 saturated heterocycles. The van der Waals surface area contributed by atoms with Gasteiger partial charge in [0.25, 0.3) is 0 Å². The topological polar surface area (TPSA) is 30.2 Å². The molecule has 0 amide bonds. The molecule has 6 heteroatoms. The third-order valence-electron chi connectivity index (χ3n) is 1.29. The predicted octanol–water partition coefficient (Wildman–Crippen LogP) is 2.57. The fourth-order valence-electron chi connectivity index (χ4n) is 0.823. The van der Waals surface area contributed by atoms with Crippen LogP contribution in [-0.4, -0.2) is 14.6 Å². The second kappa shape index (κ2) is 3.60. The maximum Gasteiger partial charge on any atom is 0.154 e. The number of rotatable bonds is 0. The van der Waals surface area contributed by atoms with Gasteiger partial charge >= 0.3 is 0 Å². The average Bonchev–Trinajstić information content (AvgIpc) is 2.33. The molecular weight excluding hydrogens is 265 g/mol. The van der Waals surface area contributed by atoms with Crippen LogP contribution in [0.1, 0.15) is 0 Å². The molecule has 0 N–H and O–H groups in total. The lowest BCUT2D eigenvalue weighted by Gasteiger charge is -1.92. The standard InChI is InChI=1S/C6H3BrClN3.ClH/c7-4-3-9-6-2-1-5(8)10-11(4)6;/h1-3H;1H. The van der Waals surface area contributed by atoms with E-state index in [1.165, 1.54) is 0 Å². The van der Waals surface area contributed by atoms with E-state index in [0.717, 1.165) is 10.3 Å². The van der Waals surface area contributed by atoms with E-state index >= 15 is 0 Å². The van der Waals surface area contributed by atoms with E-state index in [4.69, 9.17) is 11.6 Å². The van der Waals surface area contributed by atoms with Crippen LogP contribution in [0.25, 0.3) is 5.65 Å². The lowest BCUT2D eigenvalue weighted by molar-refractivity contribution is 0.916. The van der Waals surface area contributed by atoms with Crippen molar-refractivity contribution in [2.75, 3.05) is 0 Å². The van der Waals surface area contributed by atoms with E-state index in [1.807, 2.05) is 0 Å². The molecule has 12 heavy (non-hydrogen) atoms. The highest BCUT2D eigenvalue weighted by Crippen LogP contribution is 2.12. The maximum absolute atomic E-state index is 5.67. The van der Waals surface area contributed by atoms with Gasteiger partial charge in [-0.25, -0.2) is 9.50 Å². The van der Waals surface area contributed by atoms with E-state index in [2.05, 4.69) is 26.0 Å². The van der Waals surface area contributed by atoms with E-state index in [-0.39, 0.29) is 12.4 Å². The Morgan fingerprint density at radius 2 is 2.17 bits per heavy atom. The zero-order chi connectivity index (χ0) is 7.84. The SMILES string of the molecule is Cl.Clc1ccc2ncc(Br)n2n1. The highest BCUT2D eigenvalue weighted by atomic mass is 79.9. The summed E-state index contributed by atoms with van der Waals surface area (Å²) < 4.78 is 2.43. The quantitative estimate of drug-likeness (QED) is 0.735. The molecule has 0 bridgehead atoms. The Labute approximate surface area is 88.3 Å². The highest BCUT2D eigenvalue weighted by molar-refractivity contribution is 9.10. The molecule has 3 nitrogen and oxygen atoms in total. The van der Waals surface area contributed by atoms with Crippen molar-refractivity contribution >= 4 is 45.6 Å². The Hall–Kier alpha value is -0.320. The van der Waals surface area contributed by atoms with Gasteiger partial charge in [0.05, 0.1) is 6.20 Å². The summed E-state index contributed by atoms with van der Waals surface area (Å²) in [5.41, 5.74) is 0.779. The minimum atomic E-state index is 0. The molecule has 2 aromatic heterocycles.